The molecule has 1 N–H and O–H groups in total. The predicted molar refractivity (Wildman–Crippen MR) is 113 cm³/mol. The molecular weight excluding hydrogens is 485 g/mol. The molecule has 0 saturated heterocycles. The number of aromatic nitrogens is 3. The average Bonchev–Trinajstić information content (AvgIpc) is 3.17. The lowest BCUT2D eigenvalue weighted by Crippen LogP contribution is -2.07. The molecule has 0 unspecified atom stereocenters. The first-order valence-electron chi connectivity index (χ1n) is 8.47. The number of aromatic amines is 1. The summed E-state index contributed by atoms with van der Waals surface area (Å²) in [7, 11) is 1.52. The lowest BCUT2D eigenvalue weighted by atomic mass is 10.1. The third-order valence-electron chi connectivity index (χ3n) is 3.92. The Morgan fingerprint density at radius 2 is 1.97 bits per heavy atom. The van der Waals surface area contributed by atoms with Gasteiger partial charge in [0.15, 0.2) is 17.2 Å². The predicted octanol–water partition coefficient (Wildman–Crippen LogP) is 5.31. The zero-order chi connectivity index (χ0) is 21.0. The summed E-state index contributed by atoms with van der Waals surface area (Å²) < 4.78 is 17.0. The van der Waals surface area contributed by atoms with Crippen molar-refractivity contribution in [1.29, 1.82) is 0 Å². The quantitative estimate of drug-likeness (QED) is 0.442. The number of hydrogen-bond acceptors (Lipinski definition) is 6. The van der Waals surface area contributed by atoms with E-state index in [0.717, 1.165) is 5.56 Å². The van der Waals surface area contributed by atoms with Crippen LogP contribution in [0.3, 0.4) is 0 Å². The maximum atomic E-state index is 12.1. The molecule has 29 heavy (non-hydrogen) atoms. The molecule has 0 aliphatic heterocycles. The first-order chi connectivity index (χ1) is 13.9. The van der Waals surface area contributed by atoms with Gasteiger partial charge in [-0.2, -0.15) is 10.3 Å². The van der Waals surface area contributed by atoms with Crippen molar-refractivity contribution in [2.45, 2.75) is 13.5 Å². The number of halogens is 3. The maximum Gasteiger partial charge on any atom is 0.361 e. The van der Waals surface area contributed by atoms with Gasteiger partial charge in [0.2, 0.25) is 0 Å². The van der Waals surface area contributed by atoms with Gasteiger partial charge in [0.1, 0.15) is 12.3 Å². The Hall–Kier alpha value is -2.29. The van der Waals surface area contributed by atoms with E-state index in [1.807, 2.05) is 0 Å². The Morgan fingerprint density at radius 3 is 2.66 bits per heavy atom. The van der Waals surface area contributed by atoms with Gasteiger partial charge in [0, 0.05) is 25.6 Å². The number of nitrogens with zero attached hydrogens (tertiary/aromatic N) is 2. The number of methoxy groups -OCH3 is 1. The minimum Gasteiger partial charge on any atom is -0.493 e. The third kappa shape index (κ3) is 4.83. The Kier molecular flexibility index (Phi) is 7.00. The van der Waals surface area contributed by atoms with Crippen molar-refractivity contribution in [3.05, 3.63) is 56.1 Å². The summed E-state index contributed by atoms with van der Waals surface area (Å²) in [4.78, 5) is 12.1. The van der Waals surface area contributed by atoms with Gasteiger partial charge < -0.3 is 14.2 Å². The highest BCUT2D eigenvalue weighted by molar-refractivity contribution is 9.10. The molecule has 0 spiro atoms. The van der Waals surface area contributed by atoms with E-state index in [0.29, 0.717) is 37.3 Å². The summed E-state index contributed by atoms with van der Waals surface area (Å²) in [5.74, 6) is 0.362. The van der Waals surface area contributed by atoms with Crippen molar-refractivity contribution in [3.8, 4) is 22.8 Å². The van der Waals surface area contributed by atoms with Crippen LogP contribution in [-0.4, -0.2) is 35.1 Å². The molecule has 0 saturated carbocycles. The fourth-order valence-corrected chi connectivity index (χ4v) is 3.52. The number of rotatable bonds is 7. The van der Waals surface area contributed by atoms with Crippen molar-refractivity contribution in [2.75, 3.05) is 13.7 Å². The van der Waals surface area contributed by atoms with Crippen molar-refractivity contribution >= 4 is 45.1 Å². The Balaban J connectivity index is 1.90. The molecule has 1 heterocycles. The van der Waals surface area contributed by atoms with E-state index < -0.39 is 5.97 Å². The van der Waals surface area contributed by atoms with Crippen LogP contribution in [0.4, 0.5) is 0 Å². The number of ether oxygens (including phenoxy) is 3. The maximum absolute atomic E-state index is 12.1. The van der Waals surface area contributed by atoms with Crippen LogP contribution in [0.5, 0.6) is 11.5 Å². The van der Waals surface area contributed by atoms with E-state index in [2.05, 4.69) is 31.3 Å². The standard InChI is InChI=1S/C19H16BrCl2N3O4/c1-3-28-19(26)18-17(23-25-24-18)12-7-15(27-2)16(8-13(12)20)29-9-10-4-5-11(21)6-14(10)22/h4-8H,3,9H2,1-2H3,(H,23,24,25). The van der Waals surface area contributed by atoms with E-state index in [1.54, 1.807) is 37.3 Å². The van der Waals surface area contributed by atoms with Crippen LogP contribution in [0.2, 0.25) is 10.0 Å². The monoisotopic (exact) mass is 499 g/mol. The molecule has 7 nitrogen and oxygen atoms in total. The Bertz CT molecular complexity index is 1040. The first-order valence-corrected chi connectivity index (χ1v) is 10.0. The van der Waals surface area contributed by atoms with Gasteiger partial charge in [-0.05, 0) is 47.1 Å². The Morgan fingerprint density at radius 1 is 1.17 bits per heavy atom. The van der Waals surface area contributed by atoms with Crippen molar-refractivity contribution in [1.82, 2.24) is 15.4 Å². The van der Waals surface area contributed by atoms with Crippen LogP contribution in [-0.2, 0) is 11.3 Å². The van der Waals surface area contributed by atoms with Crippen LogP contribution in [0.1, 0.15) is 23.0 Å². The van der Waals surface area contributed by atoms with Crippen LogP contribution in [0.15, 0.2) is 34.8 Å². The largest absolute Gasteiger partial charge is 0.493 e. The normalized spacial score (nSPS) is 10.7. The van der Waals surface area contributed by atoms with Crippen molar-refractivity contribution in [2.24, 2.45) is 0 Å². The van der Waals surface area contributed by atoms with Gasteiger partial charge in [-0.3, -0.25) is 0 Å². The van der Waals surface area contributed by atoms with Gasteiger partial charge in [-0.25, -0.2) is 4.79 Å². The zero-order valence-corrected chi connectivity index (χ0v) is 18.6. The molecule has 152 valence electrons. The van der Waals surface area contributed by atoms with Crippen molar-refractivity contribution < 1.29 is 19.0 Å². The van der Waals surface area contributed by atoms with Gasteiger partial charge in [-0.1, -0.05) is 29.3 Å². The number of carbonyl (C=O) groups is 1. The van der Waals surface area contributed by atoms with Crippen LogP contribution in [0.25, 0.3) is 11.3 Å². The van der Waals surface area contributed by atoms with Gasteiger partial charge >= 0.3 is 5.97 Å². The number of H-pyrrole nitrogens is 1. The Labute approximate surface area is 185 Å². The topological polar surface area (TPSA) is 86.3 Å². The molecule has 10 heteroatoms. The van der Waals surface area contributed by atoms with E-state index in [-0.39, 0.29) is 18.9 Å². The van der Waals surface area contributed by atoms with E-state index >= 15 is 0 Å². The number of benzene rings is 2. The van der Waals surface area contributed by atoms with Crippen LogP contribution >= 0.6 is 39.1 Å². The number of carbonyl (C=O) groups excluding carboxylic acids is 1. The molecule has 0 aliphatic rings. The number of nitrogens with one attached hydrogen (secondary N) is 1. The molecule has 0 atom stereocenters. The number of hydrogen-bond donors (Lipinski definition) is 1. The average molecular weight is 501 g/mol. The third-order valence-corrected chi connectivity index (χ3v) is 5.17. The second-order valence-corrected chi connectivity index (χ2v) is 7.45. The molecule has 0 bridgehead atoms. The molecule has 0 aliphatic carbocycles. The molecule has 2 aromatic carbocycles. The molecule has 0 radical (unpaired) electrons. The van der Waals surface area contributed by atoms with Gasteiger partial charge in [-0.15, -0.1) is 5.10 Å². The highest BCUT2D eigenvalue weighted by atomic mass is 79.9. The SMILES string of the molecule is CCOC(=O)c1n[nH]nc1-c1cc(OC)c(OCc2ccc(Cl)cc2Cl)cc1Br. The summed E-state index contributed by atoms with van der Waals surface area (Å²) in [6.07, 6.45) is 0. The minimum absolute atomic E-state index is 0.0798. The molecule has 1 aromatic heterocycles. The summed E-state index contributed by atoms with van der Waals surface area (Å²) >= 11 is 15.6. The lowest BCUT2D eigenvalue weighted by molar-refractivity contribution is 0.0520. The van der Waals surface area contributed by atoms with E-state index in [1.165, 1.54) is 7.11 Å². The fraction of sp³-hybridized carbons (Fsp3) is 0.211. The summed E-state index contributed by atoms with van der Waals surface area (Å²) in [6, 6.07) is 8.61. The molecule has 3 aromatic rings. The molecule has 0 fully saturated rings. The highest BCUT2D eigenvalue weighted by Gasteiger charge is 2.22. The molecular formula is C19H16BrCl2N3O4. The summed E-state index contributed by atoms with van der Waals surface area (Å²) in [5.41, 5.74) is 1.78. The van der Waals surface area contributed by atoms with Crippen LogP contribution in [0, 0.1) is 0 Å². The summed E-state index contributed by atoms with van der Waals surface area (Å²) in [5, 5.41) is 11.5. The zero-order valence-electron chi connectivity index (χ0n) is 15.5. The summed E-state index contributed by atoms with van der Waals surface area (Å²) in [6.45, 7) is 2.17. The highest BCUT2D eigenvalue weighted by Crippen LogP contribution is 2.39. The minimum atomic E-state index is -0.570. The van der Waals surface area contributed by atoms with Crippen LogP contribution < -0.4 is 9.47 Å². The first kappa shape index (κ1) is 21.4. The van der Waals surface area contributed by atoms with Gasteiger partial charge in [0.25, 0.3) is 0 Å². The fourth-order valence-electron chi connectivity index (χ4n) is 2.54. The number of esters is 1. The molecule has 0 amide bonds. The van der Waals surface area contributed by atoms with Crippen molar-refractivity contribution in [3.63, 3.8) is 0 Å². The van der Waals surface area contributed by atoms with E-state index in [9.17, 15) is 4.79 Å². The molecule has 3 rings (SSSR count). The second kappa shape index (κ2) is 9.47. The smallest absolute Gasteiger partial charge is 0.361 e. The van der Waals surface area contributed by atoms with E-state index in [4.69, 9.17) is 37.4 Å². The lowest BCUT2D eigenvalue weighted by Gasteiger charge is -2.14. The second-order valence-electron chi connectivity index (χ2n) is 5.75. The van der Waals surface area contributed by atoms with Gasteiger partial charge in [0.05, 0.1) is 13.7 Å².